The molecule has 4 rings (SSSR count). The van der Waals surface area contributed by atoms with Crippen molar-refractivity contribution in [1.29, 1.82) is 0 Å². The van der Waals surface area contributed by atoms with Gasteiger partial charge in [-0.25, -0.2) is 0 Å². The zero-order valence-corrected chi connectivity index (χ0v) is 22.6. The van der Waals surface area contributed by atoms with E-state index < -0.39 is 0 Å². The first-order chi connectivity index (χ1) is 17.3. The maximum Gasteiger partial charge on any atom is 0.225 e. The van der Waals surface area contributed by atoms with E-state index in [2.05, 4.69) is 21.2 Å². The van der Waals surface area contributed by atoms with Crippen LogP contribution in [-0.4, -0.2) is 46.7 Å². The van der Waals surface area contributed by atoms with E-state index in [1.165, 1.54) is 0 Å². The Morgan fingerprint density at radius 2 is 1.44 bits per heavy atom. The summed E-state index contributed by atoms with van der Waals surface area (Å²) in [5, 5.41) is 2.97. The van der Waals surface area contributed by atoms with Crippen molar-refractivity contribution in [3.8, 4) is 28.7 Å². The number of carbonyl (C=O) groups is 2. The molecule has 0 aromatic heterocycles. The van der Waals surface area contributed by atoms with Crippen LogP contribution in [0.4, 0.5) is 0 Å². The van der Waals surface area contributed by atoms with Crippen LogP contribution in [0, 0.1) is 0 Å². The normalized spacial score (nSPS) is 19.4. The van der Waals surface area contributed by atoms with Crippen molar-refractivity contribution in [1.82, 2.24) is 5.32 Å². The number of ketones is 1. The molecule has 2 aromatic carbocycles. The Kier molecular flexibility index (Phi) is 7.78. The van der Waals surface area contributed by atoms with E-state index in [0.29, 0.717) is 63.9 Å². The number of Topliss-reactive ketones (excluding diaryl/α,β-unsaturated/α-hetero) is 1. The molecule has 2 atom stereocenters. The van der Waals surface area contributed by atoms with Crippen LogP contribution in [0.2, 0.25) is 0 Å². The van der Waals surface area contributed by atoms with Gasteiger partial charge in [0.2, 0.25) is 11.7 Å². The molecule has 1 N–H and O–H groups in total. The van der Waals surface area contributed by atoms with Crippen LogP contribution in [0.25, 0.3) is 0 Å². The molecule has 0 fully saturated rings. The van der Waals surface area contributed by atoms with Gasteiger partial charge in [0.25, 0.3) is 0 Å². The average Bonchev–Trinajstić information content (AvgIpc) is 2.87. The zero-order chi connectivity index (χ0) is 26.0. The summed E-state index contributed by atoms with van der Waals surface area (Å²) < 4.78 is 28.4. The summed E-state index contributed by atoms with van der Waals surface area (Å²) in [6.07, 6.45) is 0.999. The highest BCUT2D eigenvalue weighted by Crippen LogP contribution is 2.48. The second-order valence-electron chi connectivity index (χ2n) is 8.65. The molecule has 0 saturated heterocycles. The Labute approximate surface area is 219 Å². The molecule has 0 spiro atoms. The van der Waals surface area contributed by atoms with Gasteiger partial charge in [-0.3, -0.25) is 9.59 Å². The predicted octanol–water partition coefficient (Wildman–Crippen LogP) is 4.89. The molecule has 2 unspecified atom stereocenters. The third-order valence-corrected chi connectivity index (χ3v) is 7.23. The molecule has 1 aliphatic carbocycles. The average molecular weight is 560 g/mol. The molecule has 0 bridgehead atoms. The molecule has 0 radical (unpaired) electrons. The quantitative estimate of drug-likeness (QED) is 0.492. The Morgan fingerprint density at radius 3 is 2.03 bits per heavy atom. The van der Waals surface area contributed by atoms with Gasteiger partial charge in [-0.2, -0.15) is 0 Å². The van der Waals surface area contributed by atoms with Crippen LogP contribution in [0.15, 0.2) is 40.0 Å². The second-order valence-corrected chi connectivity index (χ2v) is 9.51. The van der Waals surface area contributed by atoms with Gasteiger partial charge in [0, 0.05) is 30.0 Å². The zero-order valence-electron chi connectivity index (χ0n) is 21.0. The minimum atomic E-state index is -0.372. The second kappa shape index (κ2) is 10.8. The van der Waals surface area contributed by atoms with Gasteiger partial charge in [0.1, 0.15) is 0 Å². The molecule has 192 valence electrons. The lowest BCUT2D eigenvalue weighted by Crippen LogP contribution is -2.38. The number of halogens is 1. The smallest absolute Gasteiger partial charge is 0.225 e. The molecule has 1 aliphatic heterocycles. The lowest BCUT2D eigenvalue weighted by atomic mass is 9.73. The molecular formula is C27H30BrNO7. The third-order valence-electron chi connectivity index (χ3n) is 6.64. The highest BCUT2D eigenvalue weighted by Gasteiger charge is 2.39. The molecular weight excluding hydrogens is 530 g/mol. The number of benzene rings is 2. The monoisotopic (exact) mass is 559 g/mol. The molecule has 8 nitrogen and oxygen atoms in total. The van der Waals surface area contributed by atoms with Gasteiger partial charge < -0.3 is 29.0 Å². The first-order valence-electron chi connectivity index (χ1n) is 11.7. The van der Waals surface area contributed by atoms with Crippen LogP contribution in [0.5, 0.6) is 28.7 Å². The van der Waals surface area contributed by atoms with Crippen LogP contribution < -0.4 is 29.0 Å². The Balaban J connectivity index is 1.74. The van der Waals surface area contributed by atoms with Gasteiger partial charge in [-0.1, -0.05) is 0 Å². The van der Waals surface area contributed by atoms with Crippen molar-refractivity contribution in [3.05, 3.63) is 51.1 Å². The largest absolute Gasteiger partial charge is 0.493 e. The highest BCUT2D eigenvalue weighted by molar-refractivity contribution is 9.10. The first-order valence-corrected chi connectivity index (χ1v) is 12.5. The van der Waals surface area contributed by atoms with E-state index in [0.717, 1.165) is 11.1 Å². The summed E-state index contributed by atoms with van der Waals surface area (Å²) in [6, 6.07) is 7.48. The Hall–Kier alpha value is -3.20. The maximum absolute atomic E-state index is 13.6. The topological polar surface area (TPSA) is 92.3 Å². The van der Waals surface area contributed by atoms with Gasteiger partial charge in [-0.15, -0.1) is 0 Å². The Morgan fingerprint density at radius 1 is 0.833 bits per heavy atom. The van der Waals surface area contributed by atoms with Gasteiger partial charge in [-0.05, 0) is 70.6 Å². The summed E-state index contributed by atoms with van der Waals surface area (Å²) in [4.78, 5) is 26.3. The van der Waals surface area contributed by atoms with Crippen molar-refractivity contribution < 1.29 is 33.3 Å². The van der Waals surface area contributed by atoms with Crippen molar-refractivity contribution in [2.24, 2.45) is 0 Å². The molecule has 2 aromatic rings. The number of hydrogen-bond acceptors (Lipinski definition) is 7. The lowest BCUT2D eigenvalue weighted by molar-refractivity contribution is -0.122. The van der Waals surface area contributed by atoms with Crippen LogP contribution >= 0.6 is 15.9 Å². The molecule has 0 saturated carbocycles. The van der Waals surface area contributed by atoms with E-state index in [4.69, 9.17) is 23.7 Å². The van der Waals surface area contributed by atoms with Gasteiger partial charge in [0.15, 0.2) is 28.8 Å². The van der Waals surface area contributed by atoms with E-state index in [9.17, 15) is 9.59 Å². The Bertz CT molecular complexity index is 1200. The summed E-state index contributed by atoms with van der Waals surface area (Å²) >= 11 is 3.56. The number of nitrogens with one attached hydrogen (secondary N) is 1. The summed E-state index contributed by atoms with van der Waals surface area (Å²) in [5.74, 6) is 2.04. The SMILES string of the molecule is CCOc1c(Br)cc(C2CC(=O)NC3=C2C(=O)CC(c2cc(OC)c(OC)c(OC)c2)C3)cc1OC. The van der Waals surface area contributed by atoms with Crippen molar-refractivity contribution >= 4 is 27.6 Å². The van der Waals surface area contributed by atoms with E-state index in [1.54, 1.807) is 28.4 Å². The van der Waals surface area contributed by atoms with Crippen molar-refractivity contribution in [2.45, 2.75) is 38.0 Å². The number of rotatable bonds is 8. The van der Waals surface area contributed by atoms with E-state index >= 15 is 0 Å². The van der Waals surface area contributed by atoms with Crippen molar-refractivity contribution in [2.75, 3.05) is 35.0 Å². The lowest BCUT2D eigenvalue weighted by Gasteiger charge is -2.35. The predicted molar refractivity (Wildman–Crippen MR) is 137 cm³/mol. The molecule has 2 aliphatic rings. The van der Waals surface area contributed by atoms with Crippen LogP contribution in [0.3, 0.4) is 0 Å². The highest BCUT2D eigenvalue weighted by atomic mass is 79.9. The summed E-state index contributed by atoms with van der Waals surface area (Å²) in [7, 11) is 6.24. The van der Waals surface area contributed by atoms with Crippen LogP contribution in [0.1, 0.15) is 49.1 Å². The van der Waals surface area contributed by atoms with E-state index in [1.807, 2.05) is 31.2 Å². The number of ether oxygens (including phenoxy) is 5. The number of amides is 1. The summed E-state index contributed by atoms with van der Waals surface area (Å²) in [5.41, 5.74) is 3.02. The fraction of sp³-hybridized carbons (Fsp3) is 0.407. The molecule has 36 heavy (non-hydrogen) atoms. The van der Waals surface area contributed by atoms with Crippen LogP contribution in [-0.2, 0) is 9.59 Å². The number of carbonyl (C=O) groups excluding carboxylic acids is 2. The minimum absolute atomic E-state index is 0.00368. The third kappa shape index (κ3) is 4.76. The first kappa shape index (κ1) is 25.9. The summed E-state index contributed by atoms with van der Waals surface area (Å²) in [6.45, 7) is 2.38. The van der Waals surface area contributed by atoms with Gasteiger partial charge >= 0.3 is 0 Å². The number of methoxy groups -OCH3 is 4. The number of allylic oxidation sites excluding steroid dienone is 2. The molecule has 9 heteroatoms. The van der Waals surface area contributed by atoms with E-state index in [-0.39, 0.29) is 29.9 Å². The van der Waals surface area contributed by atoms with Gasteiger partial charge in [0.05, 0.1) is 39.5 Å². The standard InChI is InChI=1S/C27H30BrNO7/c1-6-36-26-18(28)7-16(12-21(26)32-2)17-13-24(31)29-19-8-14(9-20(30)25(17)19)15-10-22(33-3)27(35-5)23(11-15)34-4/h7,10-12,14,17H,6,8-9,13H2,1-5H3,(H,29,31). The fourth-order valence-corrected chi connectivity index (χ4v) is 5.62. The fourth-order valence-electron chi connectivity index (χ4n) is 5.04. The minimum Gasteiger partial charge on any atom is -0.493 e. The van der Waals surface area contributed by atoms with Crippen molar-refractivity contribution in [3.63, 3.8) is 0 Å². The number of hydrogen-bond donors (Lipinski definition) is 1. The molecule has 1 heterocycles. The maximum atomic E-state index is 13.6. The molecule has 1 amide bonds.